The zero-order valence-corrected chi connectivity index (χ0v) is 23.2. The van der Waals surface area contributed by atoms with Crippen molar-refractivity contribution in [2.24, 2.45) is 0 Å². The van der Waals surface area contributed by atoms with Gasteiger partial charge in [0.1, 0.15) is 12.4 Å². The fraction of sp³-hybridized carbons (Fsp3) is 0.400. The molecule has 2 saturated heterocycles. The van der Waals surface area contributed by atoms with Gasteiger partial charge < -0.3 is 19.1 Å². The molecule has 5 heterocycles. The van der Waals surface area contributed by atoms with Gasteiger partial charge in [0.05, 0.1) is 40.7 Å². The Morgan fingerprint density at radius 3 is 2.65 bits per heavy atom. The third-order valence-corrected chi connectivity index (χ3v) is 8.84. The van der Waals surface area contributed by atoms with Gasteiger partial charge in [0.15, 0.2) is 5.78 Å². The molecule has 6 rings (SSSR count). The number of fused-ring (bicyclic) bond motifs is 1. The number of ketones is 1. The lowest BCUT2D eigenvalue weighted by Crippen LogP contribution is -2.35. The Hall–Kier alpha value is -3.60. The molecule has 1 N–H and O–H groups in total. The maximum absolute atomic E-state index is 11.6. The first-order chi connectivity index (χ1) is 19.4. The van der Waals surface area contributed by atoms with Gasteiger partial charge in [0, 0.05) is 29.8 Å². The van der Waals surface area contributed by atoms with Crippen molar-refractivity contribution in [3.8, 4) is 5.88 Å². The van der Waals surface area contributed by atoms with Crippen LogP contribution in [0.25, 0.3) is 11.0 Å². The molecule has 1 atom stereocenters. The Labute approximate surface area is 236 Å². The monoisotopic (exact) mass is 560 g/mol. The van der Waals surface area contributed by atoms with E-state index in [1.807, 2.05) is 23.6 Å². The number of Topliss-reactive ketones (excluding diaryl/α,β-unsaturated/α-hetero) is 1. The van der Waals surface area contributed by atoms with Crippen LogP contribution in [-0.4, -0.2) is 62.1 Å². The molecule has 208 valence electrons. The molecule has 0 saturated carbocycles. The topological polar surface area (TPSA) is 107 Å². The number of piperidine rings is 1. The van der Waals surface area contributed by atoms with E-state index >= 15 is 0 Å². The second kappa shape index (κ2) is 11.5. The number of ether oxygens (including phenoxy) is 2. The first-order valence-electron chi connectivity index (χ1n) is 13.7. The molecule has 2 aliphatic rings. The fourth-order valence-corrected chi connectivity index (χ4v) is 6.18. The molecule has 0 bridgehead atoms. The molecular weight excluding hydrogens is 528 g/mol. The molecule has 2 fully saturated rings. The van der Waals surface area contributed by atoms with Crippen LogP contribution in [0.15, 0.2) is 47.8 Å². The third kappa shape index (κ3) is 5.79. The maximum atomic E-state index is 11.6. The van der Waals surface area contributed by atoms with Gasteiger partial charge in [-0.25, -0.2) is 14.8 Å². The highest BCUT2D eigenvalue weighted by atomic mass is 32.1. The minimum Gasteiger partial charge on any atom is -0.478 e. The van der Waals surface area contributed by atoms with Crippen LogP contribution in [0.5, 0.6) is 5.88 Å². The Bertz CT molecular complexity index is 1530. The number of carbonyl (C=O) groups excluding carboxylic acids is 1. The summed E-state index contributed by atoms with van der Waals surface area (Å²) in [5.74, 6) is 1.03. The first kappa shape index (κ1) is 26.6. The summed E-state index contributed by atoms with van der Waals surface area (Å²) in [6, 6.07) is 13.0. The lowest BCUT2D eigenvalue weighted by Gasteiger charge is -2.32. The van der Waals surface area contributed by atoms with Gasteiger partial charge in [0.25, 0.3) is 0 Å². The van der Waals surface area contributed by atoms with Crippen molar-refractivity contribution in [3.05, 3.63) is 75.4 Å². The largest absolute Gasteiger partial charge is 0.478 e. The van der Waals surface area contributed by atoms with Crippen LogP contribution in [0.1, 0.15) is 69.2 Å². The zero-order chi connectivity index (χ0) is 27.6. The van der Waals surface area contributed by atoms with Crippen molar-refractivity contribution in [1.82, 2.24) is 19.4 Å². The number of rotatable bonds is 10. The van der Waals surface area contributed by atoms with E-state index in [2.05, 4.69) is 15.5 Å². The SMILES string of the molecule is CC(=O)c1cc(COc2cccc(C3CCN(Cc4nc5ccc(C(=O)O)cc5n4CC4CCO4)CC3)n2)cs1. The van der Waals surface area contributed by atoms with E-state index < -0.39 is 5.97 Å². The molecule has 0 aliphatic carbocycles. The summed E-state index contributed by atoms with van der Waals surface area (Å²) in [5, 5.41) is 11.4. The van der Waals surface area contributed by atoms with Gasteiger partial charge in [-0.3, -0.25) is 9.69 Å². The van der Waals surface area contributed by atoms with Crippen LogP contribution in [0.3, 0.4) is 0 Å². The number of hydrogen-bond acceptors (Lipinski definition) is 8. The number of aromatic nitrogens is 3. The third-order valence-electron chi connectivity index (χ3n) is 7.76. The molecular formula is C30H32N4O5S. The molecule has 2 aliphatic heterocycles. The molecule has 1 unspecified atom stereocenters. The number of likely N-dealkylation sites (tertiary alicyclic amines) is 1. The van der Waals surface area contributed by atoms with E-state index in [9.17, 15) is 14.7 Å². The van der Waals surface area contributed by atoms with E-state index in [0.29, 0.717) is 31.5 Å². The lowest BCUT2D eigenvalue weighted by atomic mass is 9.93. The summed E-state index contributed by atoms with van der Waals surface area (Å²) in [6.45, 7) is 5.96. The van der Waals surface area contributed by atoms with Crippen molar-refractivity contribution in [2.45, 2.75) is 57.9 Å². The van der Waals surface area contributed by atoms with Gasteiger partial charge >= 0.3 is 5.97 Å². The summed E-state index contributed by atoms with van der Waals surface area (Å²) in [7, 11) is 0. The van der Waals surface area contributed by atoms with Crippen molar-refractivity contribution < 1.29 is 24.2 Å². The Kier molecular flexibility index (Phi) is 7.64. The number of benzene rings is 1. The smallest absolute Gasteiger partial charge is 0.335 e. The molecule has 9 nitrogen and oxygen atoms in total. The molecule has 0 spiro atoms. The van der Waals surface area contributed by atoms with Crippen LogP contribution in [0.2, 0.25) is 0 Å². The number of pyridine rings is 1. The first-order valence-corrected chi connectivity index (χ1v) is 14.6. The maximum Gasteiger partial charge on any atom is 0.335 e. The Morgan fingerprint density at radius 2 is 1.95 bits per heavy atom. The van der Waals surface area contributed by atoms with Crippen LogP contribution >= 0.6 is 11.3 Å². The molecule has 1 aromatic carbocycles. The molecule has 40 heavy (non-hydrogen) atoms. The summed E-state index contributed by atoms with van der Waals surface area (Å²) in [4.78, 5) is 36.0. The second-order valence-corrected chi connectivity index (χ2v) is 11.5. The average molecular weight is 561 g/mol. The Balaban J connectivity index is 1.10. The summed E-state index contributed by atoms with van der Waals surface area (Å²) in [5.41, 5.74) is 3.95. The Morgan fingerprint density at radius 1 is 1.12 bits per heavy atom. The number of thiophene rings is 1. The van der Waals surface area contributed by atoms with Crippen molar-refractivity contribution in [1.29, 1.82) is 0 Å². The summed E-state index contributed by atoms with van der Waals surface area (Å²) >= 11 is 1.44. The standard InChI is InChI=1S/C30H32N4O5S/c1-19(35)27-13-20(18-40-27)17-39-29-4-2-3-24(32-29)21-7-10-33(11-8-21)16-28-31-25-6-5-22(30(36)37)14-26(25)34(28)15-23-9-12-38-23/h2-6,13-14,18,21,23H,7-12,15-17H2,1H3,(H,36,37). The van der Waals surface area contributed by atoms with Crippen molar-refractivity contribution in [3.63, 3.8) is 0 Å². The highest BCUT2D eigenvalue weighted by Gasteiger charge is 2.26. The number of carbonyl (C=O) groups is 2. The molecule has 10 heteroatoms. The van der Waals surface area contributed by atoms with E-state index in [0.717, 1.165) is 72.0 Å². The fourth-order valence-electron chi connectivity index (χ4n) is 5.38. The average Bonchev–Trinajstić information content (AvgIpc) is 3.54. The predicted molar refractivity (Wildman–Crippen MR) is 151 cm³/mol. The summed E-state index contributed by atoms with van der Waals surface area (Å²) < 4.78 is 13.8. The van der Waals surface area contributed by atoms with E-state index in [1.54, 1.807) is 25.1 Å². The van der Waals surface area contributed by atoms with Crippen LogP contribution in [-0.2, 0) is 24.4 Å². The minimum absolute atomic E-state index is 0.0691. The van der Waals surface area contributed by atoms with Gasteiger partial charge in [-0.05, 0) is 75.0 Å². The van der Waals surface area contributed by atoms with Gasteiger partial charge in [0.2, 0.25) is 5.88 Å². The quantitative estimate of drug-likeness (QED) is 0.266. The molecule has 0 radical (unpaired) electrons. The van der Waals surface area contributed by atoms with Crippen LogP contribution < -0.4 is 4.74 Å². The minimum atomic E-state index is -0.935. The lowest BCUT2D eigenvalue weighted by molar-refractivity contribution is -0.0592. The zero-order valence-electron chi connectivity index (χ0n) is 22.4. The van der Waals surface area contributed by atoms with Gasteiger partial charge in [-0.15, -0.1) is 11.3 Å². The van der Waals surface area contributed by atoms with Gasteiger partial charge in [-0.2, -0.15) is 0 Å². The number of carboxylic acids is 1. The molecule has 4 aromatic rings. The number of nitrogens with zero attached hydrogens (tertiary/aromatic N) is 4. The van der Waals surface area contributed by atoms with Crippen molar-refractivity contribution >= 4 is 34.1 Å². The van der Waals surface area contributed by atoms with Gasteiger partial charge in [-0.1, -0.05) is 6.07 Å². The summed E-state index contributed by atoms with van der Waals surface area (Å²) in [6.07, 6.45) is 3.12. The van der Waals surface area contributed by atoms with Crippen LogP contribution in [0.4, 0.5) is 0 Å². The van der Waals surface area contributed by atoms with E-state index in [4.69, 9.17) is 19.4 Å². The number of aromatic carboxylic acids is 1. The second-order valence-electron chi connectivity index (χ2n) is 10.5. The number of imidazole rings is 1. The number of hydrogen-bond donors (Lipinski definition) is 1. The van der Waals surface area contributed by atoms with E-state index in [1.165, 1.54) is 11.3 Å². The normalized spacial score (nSPS) is 18.1. The van der Waals surface area contributed by atoms with E-state index in [-0.39, 0.29) is 17.5 Å². The van der Waals surface area contributed by atoms with Crippen molar-refractivity contribution in [2.75, 3.05) is 19.7 Å². The number of carboxylic acid groups (broad SMARTS) is 1. The highest BCUT2D eigenvalue weighted by Crippen LogP contribution is 2.30. The van der Waals surface area contributed by atoms with Crippen LogP contribution in [0, 0.1) is 0 Å². The molecule has 3 aromatic heterocycles. The highest BCUT2D eigenvalue weighted by molar-refractivity contribution is 7.12. The molecule has 0 amide bonds. The predicted octanol–water partition coefficient (Wildman–Crippen LogP) is 5.14.